The van der Waals surface area contributed by atoms with E-state index in [9.17, 15) is 4.39 Å². The minimum absolute atomic E-state index is 0.00387. The number of pyridine rings is 1. The van der Waals surface area contributed by atoms with Gasteiger partial charge in [-0.2, -0.15) is 0 Å². The molecule has 7 nitrogen and oxygen atoms in total. The maximum Gasteiger partial charge on any atom is 0.157 e. The summed E-state index contributed by atoms with van der Waals surface area (Å²) < 4.78 is 28.2. The number of hydrogen-bond acceptors (Lipinski definition) is 6. The number of hydrogen-bond donors (Lipinski definition) is 3. The van der Waals surface area contributed by atoms with E-state index in [1.165, 1.54) is 18.3 Å². The van der Waals surface area contributed by atoms with E-state index in [-0.39, 0.29) is 11.4 Å². The van der Waals surface area contributed by atoms with Crippen LogP contribution in [0, 0.1) is 17.6 Å². The van der Waals surface area contributed by atoms with E-state index in [4.69, 9.17) is 23.2 Å². The fraction of sp³-hybridized carbons (Fsp3) is 0.429. The van der Waals surface area contributed by atoms with Gasteiger partial charge in [0, 0.05) is 32.7 Å². The molecule has 31 heavy (non-hydrogen) atoms. The lowest BCUT2D eigenvalue weighted by molar-refractivity contribution is 0.247. The molecule has 0 unspecified atom stereocenters. The maximum absolute atomic E-state index is 15.0. The van der Waals surface area contributed by atoms with E-state index in [0.29, 0.717) is 55.0 Å². The van der Waals surface area contributed by atoms with Crippen LogP contribution < -0.4 is 22.0 Å². The molecule has 0 spiro atoms. The van der Waals surface area contributed by atoms with E-state index in [0.717, 1.165) is 12.0 Å². The first-order valence-corrected chi connectivity index (χ1v) is 10.5. The quantitative estimate of drug-likeness (QED) is 0.259. The molecule has 0 amide bonds. The summed E-state index contributed by atoms with van der Waals surface area (Å²) in [6.45, 7) is 7.41. The van der Waals surface area contributed by atoms with Gasteiger partial charge in [0.05, 0.1) is 28.2 Å². The van der Waals surface area contributed by atoms with E-state index in [1.54, 1.807) is 0 Å². The number of rotatable bonds is 7. The molecule has 0 atom stereocenters. The minimum atomic E-state index is -0.458. The van der Waals surface area contributed by atoms with Gasteiger partial charge >= 0.3 is 0 Å². The Bertz CT molecular complexity index is 944. The van der Waals surface area contributed by atoms with Crippen LogP contribution in [0.25, 0.3) is 0 Å². The van der Waals surface area contributed by atoms with Crippen LogP contribution in [-0.2, 0) is 13.0 Å². The molecule has 0 aliphatic carbocycles. The van der Waals surface area contributed by atoms with Gasteiger partial charge in [0.15, 0.2) is 5.84 Å². The Kier molecular flexibility index (Phi) is 7.64. The summed E-state index contributed by atoms with van der Waals surface area (Å²) in [6.07, 6.45) is 1.92. The lowest BCUT2D eigenvalue weighted by Crippen LogP contribution is -2.46. The lowest BCUT2D eigenvalue weighted by Gasteiger charge is -2.37. The number of anilines is 1. The predicted octanol–water partition coefficient (Wildman–Crippen LogP) is 2.62. The van der Waals surface area contributed by atoms with Crippen LogP contribution >= 0.6 is 11.6 Å². The van der Waals surface area contributed by atoms with Crippen molar-refractivity contribution in [3.05, 3.63) is 57.9 Å². The highest BCUT2D eigenvalue weighted by Crippen LogP contribution is 2.28. The topological polar surface area (TPSA) is 95.8 Å². The summed E-state index contributed by atoms with van der Waals surface area (Å²) in [7, 11) is 0. The normalized spacial score (nSPS) is 15.6. The first-order valence-electron chi connectivity index (χ1n) is 10.2. The van der Waals surface area contributed by atoms with Crippen molar-refractivity contribution in [1.82, 2.24) is 15.4 Å². The van der Waals surface area contributed by atoms with Crippen molar-refractivity contribution < 1.29 is 8.78 Å². The van der Waals surface area contributed by atoms with Crippen molar-refractivity contribution in [2.75, 3.05) is 31.1 Å². The highest BCUT2D eigenvalue weighted by Gasteiger charge is 2.24. The van der Waals surface area contributed by atoms with Crippen LogP contribution in [0.15, 0.2) is 29.5 Å². The Morgan fingerprint density at radius 2 is 1.94 bits per heavy atom. The number of hydrazine groups is 1. The highest BCUT2D eigenvalue weighted by molar-refractivity contribution is 6.31. The molecule has 2 heterocycles. The second-order valence-corrected chi connectivity index (χ2v) is 8.45. The van der Waals surface area contributed by atoms with Crippen LogP contribution in [0.5, 0.6) is 0 Å². The van der Waals surface area contributed by atoms with Crippen LogP contribution in [-0.4, -0.2) is 41.9 Å². The van der Waals surface area contributed by atoms with Gasteiger partial charge in [0.2, 0.25) is 0 Å². The van der Waals surface area contributed by atoms with Gasteiger partial charge in [-0.15, -0.1) is 5.10 Å². The summed E-state index contributed by atoms with van der Waals surface area (Å²) in [5, 5.41) is 4.09. The van der Waals surface area contributed by atoms with E-state index < -0.39 is 11.6 Å². The van der Waals surface area contributed by atoms with Gasteiger partial charge in [0.25, 0.3) is 0 Å². The average molecular weight is 452 g/mol. The van der Waals surface area contributed by atoms with Gasteiger partial charge in [-0.3, -0.25) is 9.88 Å². The number of nitrogens with one attached hydrogen (secondary N) is 1. The molecule has 0 saturated carbocycles. The number of benzene rings is 1. The molecule has 168 valence electrons. The molecule has 1 fully saturated rings. The molecule has 2 aromatic rings. The number of nitrogens with two attached hydrogens (primary N) is 2. The predicted molar refractivity (Wildman–Crippen MR) is 120 cm³/mol. The Balaban J connectivity index is 1.80. The SMILES string of the molecule is CC(C)Cc1cc(F)c(/C(N)=N/NN)c(N2CCN(Cc3ncc(F)cc3Cl)CC2)c1. The van der Waals surface area contributed by atoms with E-state index in [1.807, 2.05) is 6.07 Å². The van der Waals surface area contributed by atoms with Crippen molar-refractivity contribution in [3.63, 3.8) is 0 Å². The number of halogens is 3. The number of aromatic nitrogens is 1. The maximum atomic E-state index is 15.0. The van der Waals surface area contributed by atoms with Gasteiger partial charge in [-0.05, 0) is 36.1 Å². The second kappa shape index (κ2) is 10.2. The smallest absolute Gasteiger partial charge is 0.157 e. The number of hydrazone groups is 1. The van der Waals surface area contributed by atoms with Crippen molar-refractivity contribution in [1.29, 1.82) is 0 Å². The molecule has 10 heteroatoms. The largest absolute Gasteiger partial charge is 0.382 e. The third-order valence-electron chi connectivity index (χ3n) is 5.18. The molecule has 1 aromatic carbocycles. The third kappa shape index (κ3) is 5.81. The molecule has 3 rings (SSSR count). The zero-order valence-corrected chi connectivity index (χ0v) is 18.5. The zero-order valence-electron chi connectivity index (χ0n) is 17.7. The molecule has 5 N–H and O–H groups in total. The molecule has 1 saturated heterocycles. The molecule has 1 aromatic heterocycles. The van der Waals surface area contributed by atoms with Crippen LogP contribution in [0.1, 0.15) is 30.7 Å². The van der Waals surface area contributed by atoms with E-state index >= 15 is 4.39 Å². The van der Waals surface area contributed by atoms with Crippen LogP contribution in [0.4, 0.5) is 14.5 Å². The Morgan fingerprint density at radius 3 is 2.55 bits per heavy atom. The number of nitrogens with zero attached hydrogens (tertiary/aromatic N) is 4. The molecule has 0 radical (unpaired) electrons. The standard InChI is InChI=1S/C21H28ClF2N7/c1-13(2)7-14-8-17(24)20(21(25)28-29-26)19(9-14)31-5-3-30(4-6-31)12-18-16(22)10-15(23)11-27-18/h8-11,13,29H,3-7,12,26H2,1-2H3,(H2,25,28). The van der Waals surface area contributed by atoms with E-state index in [2.05, 4.69) is 39.3 Å². The Morgan fingerprint density at radius 1 is 1.23 bits per heavy atom. The third-order valence-corrected chi connectivity index (χ3v) is 5.51. The number of piperazine rings is 1. The highest BCUT2D eigenvalue weighted by atomic mass is 35.5. The Hall–Kier alpha value is -2.49. The molecule has 0 bridgehead atoms. The van der Waals surface area contributed by atoms with Crippen molar-refractivity contribution >= 4 is 23.1 Å². The Labute approximate surface area is 186 Å². The monoisotopic (exact) mass is 451 g/mol. The summed E-state index contributed by atoms with van der Waals surface area (Å²) in [6, 6.07) is 4.75. The van der Waals surface area contributed by atoms with Gasteiger partial charge in [-0.1, -0.05) is 25.4 Å². The average Bonchev–Trinajstić information content (AvgIpc) is 2.70. The van der Waals surface area contributed by atoms with Crippen molar-refractivity contribution in [2.24, 2.45) is 22.6 Å². The van der Waals surface area contributed by atoms with Gasteiger partial charge in [0.1, 0.15) is 11.6 Å². The minimum Gasteiger partial charge on any atom is -0.382 e. The molecular formula is C21H28ClF2N7. The second-order valence-electron chi connectivity index (χ2n) is 8.04. The van der Waals surface area contributed by atoms with Crippen molar-refractivity contribution in [3.8, 4) is 0 Å². The summed E-state index contributed by atoms with van der Waals surface area (Å²) in [4.78, 5) is 8.37. The fourth-order valence-electron chi connectivity index (χ4n) is 3.78. The molecular weight excluding hydrogens is 424 g/mol. The first-order chi connectivity index (χ1) is 14.8. The summed E-state index contributed by atoms with van der Waals surface area (Å²) >= 11 is 6.11. The number of amidine groups is 1. The first kappa shape index (κ1) is 23.2. The van der Waals surface area contributed by atoms with Gasteiger partial charge in [-0.25, -0.2) is 20.2 Å². The van der Waals surface area contributed by atoms with Crippen LogP contribution in [0.2, 0.25) is 5.02 Å². The zero-order chi connectivity index (χ0) is 22.5. The summed E-state index contributed by atoms with van der Waals surface area (Å²) in [5.74, 6) is 4.76. The molecule has 1 aliphatic rings. The fourth-order valence-corrected chi connectivity index (χ4v) is 4.00. The van der Waals surface area contributed by atoms with Crippen molar-refractivity contribution in [2.45, 2.75) is 26.8 Å². The lowest BCUT2D eigenvalue weighted by atomic mass is 9.98. The molecule has 1 aliphatic heterocycles. The summed E-state index contributed by atoms with van der Waals surface area (Å²) in [5.41, 5.74) is 10.6. The van der Waals surface area contributed by atoms with Crippen LogP contribution in [0.3, 0.4) is 0 Å². The van der Waals surface area contributed by atoms with Gasteiger partial charge < -0.3 is 10.6 Å².